The second-order valence-corrected chi connectivity index (χ2v) is 7.46. The zero-order valence-electron chi connectivity index (χ0n) is 14.6. The van der Waals surface area contributed by atoms with Gasteiger partial charge in [-0.15, -0.1) is 11.3 Å². The minimum atomic E-state index is -0.0398. The van der Waals surface area contributed by atoms with Crippen LogP contribution in [0.5, 0.6) is 0 Å². The van der Waals surface area contributed by atoms with Crippen molar-refractivity contribution in [1.29, 1.82) is 0 Å². The van der Waals surface area contributed by atoms with Crippen LogP contribution in [0.1, 0.15) is 32.6 Å². The maximum Gasteiger partial charge on any atom is 0.226 e. The number of aromatic nitrogens is 1. The number of unbranched alkanes of at least 4 members (excludes halogenated alkanes) is 2. The predicted octanol–water partition coefficient (Wildman–Crippen LogP) is 5.36. The molecule has 0 atom stereocenters. The minimum absolute atomic E-state index is 0.0398. The fraction of sp³-hybridized carbons (Fsp3) is 0.250. The summed E-state index contributed by atoms with van der Waals surface area (Å²) in [6, 6.07) is 16.0. The second kappa shape index (κ2) is 8.87. The lowest BCUT2D eigenvalue weighted by atomic mass is 10.2. The molecule has 0 aliphatic heterocycles. The molecule has 26 heavy (non-hydrogen) atoms. The van der Waals surface area contributed by atoms with Crippen LogP contribution in [-0.4, -0.2) is 16.0 Å². The van der Waals surface area contributed by atoms with E-state index in [9.17, 15) is 4.79 Å². The van der Waals surface area contributed by atoms with Gasteiger partial charge in [-0.25, -0.2) is 4.98 Å². The number of thiazole rings is 1. The van der Waals surface area contributed by atoms with Crippen molar-refractivity contribution < 1.29 is 4.79 Å². The number of carbonyl (C=O) groups excluding carboxylic acids is 1. The SMILES string of the molecule is CCCCCC(=O)NC(=S)Nc1ccc(-c2nc3ccccc3s2)cc1. The van der Waals surface area contributed by atoms with Gasteiger partial charge in [0.05, 0.1) is 10.2 Å². The highest BCUT2D eigenvalue weighted by Crippen LogP contribution is 2.30. The molecule has 6 heteroatoms. The lowest BCUT2D eigenvalue weighted by Crippen LogP contribution is -2.33. The van der Waals surface area contributed by atoms with E-state index in [-0.39, 0.29) is 5.91 Å². The molecule has 1 heterocycles. The molecule has 0 bridgehead atoms. The Morgan fingerprint density at radius 3 is 2.62 bits per heavy atom. The Morgan fingerprint density at radius 1 is 1.12 bits per heavy atom. The van der Waals surface area contributed by atoms with Crippen molar-refractivity contribution in [3.05, 3.63) is 48.5 Å². The lowest BCUT2D eigenvalue weighted by Gasteiger charge is -2.09. The van der Waals surface area contributed by atoms with Crippen LogP contribution in [0.4, 0.5) is 5.69 Å². The Bertz CT molecular complexity index is 870. The van der Waals surface area contributed by atoms with Crippen molar-refractivity contribution in [2.45, 2.75) is 32.6 Å². The molecule has 1 amide bonds. The van der Waals surface area contributed by atoms with Gasteiger partial charge in [-0.3, -0.25) is 4.79 Å². The molecule has 0 radical (unpaired) electrons. The normalized spacial score (nSPS) is 10.7. The Labute approximate surface area is 162 Å². The number of rotatable bonds is 6. The van der Waals surface area contributed by atoms with E-state index in [1.54, 1.807) is 11.3 Å². The van der Waals surface area contributed by atoms with Crippen molar-refractivity contribution in [2.75, 3.05) is 5.32 Å². The molecular weight excluding hydrogens is 362 g/mol. The van der Waals surface area contributed by atoms with Crippen molar-refractivity contribution in [3.63, 3.8) is 0 Å². The average Bonchev–Trinajstić information content (AvgIpc) is 3.06. The maximum atomic E-state index is 11.8. The molecule has 0 fully saturated rings. The number of benzene rings is 2. The van der Waals surface area contributed by atoms with Crippen molar-refractivity contribution in [2.24, 2.45) is 0 Å². The number of nitrogens with one attached hydrogen (secondary N) is 2. The van der Waals surface area contributed by atoms with Crippen LogP contribution in [0.25, 0.3) is 20.8 Å². The third-order valence-corrected chi connectivity index (χ3v) is 5.23. The Morgan fingerprint density at radius 2 is 1.88 bits per heavy atom. The van der Waals surface area contributed by atoms with Crippen molar-refractivity contribution in [3.8, 4) is 10.6 Å². The number of fused-ring (bicyclic) bond motifs is 1. The largest absolute Gasteiger partial charge is 0.332 e. The van der Waals surface area contributed by atoms with E-state index in [0.29, 0.717) is 11.5 Å². The van der Waals surface area contributed by atoms with Gasteiger partial charge in [0.15, 0.2) is 5.11 Å². The molecule has 0 spiro atoms. The number of hydrogen-bond donors (Lipinski definition) is 2. The number of thiocarbonyl (C=S) groups is 1. The van der Waals surface area contributed by atoms with Gasteiger partial charge in [0.1, 0.15) is 5.01 Å². The summed E-state index contributed by atoms with van der Waals surface area (Å²) in [7, 11) is 0. The summed E-state index contributed by atoms with van der Waals surface area (Å²) in [5.41, 5.74) is 2.92. The van der Waals surface area contributed by atoms with Crippen LogP contribution >= 0.6 is 23.6 Å². The van der Waals surface area contributed by atoms with Crippen LogP contribution < -0.4 is 10.6 Å². The van der Waals surface area contributed by atoms with Crippen LogP contribution in [0.2, 0.25) is 0 Å². The summed E-state index contributed by atoms with van der Waals surface area (Å²) in [6.45, 7) is 2.11. The van der Waals surface area contributed by atoms with Gasteiger partial charge in [0, 0.05) is 17.7 Å². The third-order valence-electron chi connectivity index (χ3n) is 3.94. The van der Waals surface area contributed by atoms with E-state index in [1.807, 2.05) is 42.5 Å². The summed E-state index contributed by atoms with van der Waals surface area (Å²) in [5, 5.41) is 7.10. The zero-order chi connectivity index (χ0) is 18.4. The summed E-state index contributed by atoms with van der Waals surface area (Å²) in [6.07, 6.45) is 3.55. The smallest absolute Gasteiger partial charge is 0.226 e. The Kier molecular flexibility index (Phi) is 6.30. The van der Waals surface area contributed by atoms with Gasteiger partial charge in [0.2, 0.25) is 5.91 Å². The number of hydrogen-bond acceptors (Lipinski definition) is 4. The molecule has 3 aromatic rings. The Hall–Kier alpha value is -2.31. The van der Waals surface area contributed by atoms with Crippen molar-refractivity contribution >= 4 is 50.5 Å². The summed E-state index contributed by atoms with van der Waals surface area (Å²) >= 11 is 6.88. The molecule has 0 saturated carbocycles. The molecule has 4 nitrogen and oxygen atoms in total. The van der Waals surface area contributed by atoms with Crippen LogP contribution in [0.3, 0.4) is 0 Å². The van der Waals surface area contributed by atoms with E-state index >= 15 is 0 Å². The molecule has 2 N–H and O–H groups in total. The quantitative estimate of drug-likeness (QED) is 0.445. The summed E-state index contributed by atoms with van der Waals surface area (Å²) < 4.78 is 1.18. The topological polar surface area (TPSA) is 54.0 Å². The molecule has 0 aliphatic rings. The van der Waals surface area contributed by atoms with Crippen LogP contribution in [0, 0.1) is 0 Å². The van der Waals surface area contributed by atoms with E-state index in [4.69, 9.17) is 12.2 Å². The van der Waals surface area contributed by atoms with Crippen LogP contribution in [-0.2, 0) is 4.79 Å². The summed E-state index contributed by atoms with van der Waals surface area (Å²) in [4.78, 5) is 16.5. The molecule has 0 unspecified atom stereocenters. The molecular formula is C20H21N3OS2. The number of para-hydroxylation sites is 1. The standard InChI is InChI=1S/C20H21N3OS2/c1-2-3-4-9-18(24)23-20(25)21-15-12-10-14(11-13-15)19-22-16-7-5-6-8-17(16)26-19/h5-8,10-13H,2-4,9H2,1H3,(H2,21,23,24,25). The highest BCUT2D eigenvalue weighted by atomic mass is 32.1. The molecule has 0 saturated heterocycles. The fourth-order valence-corrected chi connectivity index (χ4v) is 3.78. The van der Waals surface area contributed by atoms with E-state index < -0.39 is 0 Å². The number of amides is 1. The molecule has 1 aromatic heterocycles. The number of anilines is 1. The first kappa shape index (κ1) is 18.5. The first-order valence-electron chi connectivity index (χ1n) is 8.72. The van der Waals surface area contributed by atoms with Crippen molar-refractivity contribution in [1.82, 2.24) is 10.3 Å². The predicted molar refractivity (Wildman–Crippen MR) is 114 cm³/mol. The molecule has 0 aliphatic carbocycles. The minimum Gasteiger partial charge on any atom is -0.332 e. The lowest BCUT2D eigenvalue weighted by molar-refractivity contribution is -0.119. The van der Waals surface area contributed by atoms with Gasteiger partial charge in [-0.1, -0.05) is 31.9 Å². The number of carbonyl (C=O) groups is 1. The first-order chi connectivity index (χ1) is 12.7. The van der Waals surface area contributed by atoms with Gasteiger partial charge in [0.25, 0.3) is 0 Å². The first-order valence-corrected chi connectivity index (χ1v) is 9.95. The highest BCUT2D eigenvalue weighted by molar-refractivity contribution is 7.80. The Balaban J connectivity index is 1.59. The molecule has 3 rings (SSSR count). The average molecular weight is 384 g/mol. The highest BCUT2D eigenvalue weighted by Gasteiger charge is 2.07. The van der Waals surface area contributed by atoms with Gasteiger partial charge >= 0.3 is 0 Å². The zero-order valence-corrected chi connectivity index (χ0v) is 16.3. The third kappa shape index (κ3) is 4.86. The summed E-state index contributed by atoms with van der Waals surface area (Å²) in [5.74, 6) is -0.0398. The second-order valence-electron chi connectivity index (χ2n) is 6.02. The number of nitrogens with zero attached hydrogens (tertiary/aromatic N) is 1. The van der Waals surface area contributed by atoms with E-state index in [2.05, 4.69) is 28.6 Å². The monoisotopic (exact) mass is 383 g/mol. The van der Waals surface area contributed by atoms with Crippen LogP contribution in [0.15, 0.2) is 48.5 Å². The van der Waals surface area contributed by atoms with Gasteiger partial charge < -0.3 is 10.6 Å². The maximum absolute atomic E-state index is 11.8. The fourth-order valence-electron chi connectivity index (χ4n) is 2.58. The van der Waals surface area contributed by atoms with Gasteiger partial charge in [-0.05, 0) is 55.0 Å². The van der Waals surface area contributed by atoms with E-state index in [1.165, 1.54) is 4.70 Å². The van der Waals surface area contributed by atoms with E-state index in [0.717, 1.165) is 41.0 Å². The molecule has 2 aromatic carbocycles. The molecule has 134 valence electrons. The van der Waals surface area contributed by atoms with Gasteiger partial charge in [-0.2, -0.15) is 0 Å².